The molecule has 2 aromatic carbocycles. The van der Waals surface area contributed by atoms with Crippen molar-refractivity contribution >= 4 is 23.2 Å². The van der Waals surface area contributed by atoms with Crippen molar-refractivity contribution in [1.29, 1.82) is 0 Å². The number of amides is 2. The minimum Gasteiger partial charge on any atom is -0.454 e. The maximum Gasteiger partial charge on any atom is 0.251 e. The summed E-state index contributed by atoms with van der Waals surface area (Å²) in [6.45, 7) is 2.13. The maximum atomic E-state index is 12.2. The van der Waals surface area contributed by atoms with Crippen molar-refractivity contribution in [2.45, 2.75) is 12.8 Å². The smallest absolute Gasteiger partial charge is 0.251 e. The topological polar surface area (TPSA) is 79.9 Å². The van der Waals surface area contributed by atoms with Crippen LogP contribution in [0.15, 0.2) is 42.5 Å². The highest BCUT2D eigenvalue weighted by Gasteiger charge is 2.17. The van der Waals surface area contributed by atoms with Crippen LogP contribution in [0, 0.1) is 0 Å². The van der Waals surface area contributed by atoms with Gasteiger partial charge in [-0.25, -0.2) is 0 Å². The Morgan fingerprint density at radius 1 is 1.00 bits per heavy atom. The molecule has 2 aromatic rings. The molecule has 0 bridgehead atoms. The Morgan fingerprint density at radius 2 is 1.81 bits per heavy atom. The van der Waals surface area contributed by atoms with E-state index in [1.807, 2.05) is 24.3 Å². The lowest BCUT2D eigenvalue weighted by Gasteiger charge is -2.18. The first-order valence-electron chi connectivity index (χ1n) is 9.02. The molecule has 4 rings (SSSR count). The van der Waals surface area contributed by atoms with Crippen molar-refractivity contribution in [3.05, 3.63) is 48.0 Å². The fraction of sp³-hybridized carbons (Fsp3) is 0.300. The normalized spacial score (nSPS) is 14.9. The molecule has 7 nitrogen and oxygen atoms in total. The number of carbonyl (C=O) groups excluding carboxylic acids is 2. The van der Waals surface area contributed by atoms with Crippen LogP contribution >= 0.6 is 0 Å². The van der Waals surface area contributed by atoms with E-state index in [1.165, 1.54) is 12.8 Å². The zero-order chi connectivity index (χ0) is 18.6. The number of hydrogen-bond donors (Lipinski definition) is 2. The molecule has 1 saturated heterocycles. The van der Waals surface area contributed by atoms with Crippen LogP contribution < -0.4 is 25.0 Å². The second-order valence-corrected chi connectivity index (χ2v) is 6.54. The molecule has 7 heteroatoms. The molecule has 2 heterocycles. The standard InChI is InChI=1S/C20H21N3O4/c24-19(22-15-4-3-5-16(11-15)23-8-1-2-9-23)12-21-20(25)14-6-7-17-18(10-14)27-13-26-17/h3-7,10-11H,1-2,8-9,12-13H2,(H,21,25)(H,22,24). The zero-order valence-electron chi connectivity index (χ0n) is 14.9. The van der Waals surface area contributed by atoms with Crippen molar-refractivity contribution in [2.24, 2.45) is 0 Å². The summed E-state index contributed by atoms with van der Waals surface area (Å²) >= 11 is 0. The lowest BCUT2D eigenvalue weighted by Crippen LogP contribution is -2.32. The van der Waals surface area contributed by atoms with Gasteiger partial charge in [-0.15, -0.1) is 0 Å². The van der Waals surface area contributed by atoms with Crippen molar-refractivity contribution in [3.8, 4) is 11.5 Å². The summed E-state index contributed by atoms with van der Waals surface area (Å²) in [7, 11) is 0. The maximum absolute atomic E-state index is 12.2. The monoisotopic (exact) mass is 367 g/mol. The summed E-state index contributed by atoms with van der Waals surface area (Å²) in [4.78, 5) is 26.7. The summed E-state index contributed by atoms with van der Waals surface area (Å²) in [5.74, 6) is 0.532. The number of hydrogen-bond acceptors (Lipinski definition) is 5. The highest BCUT2D eigenvalue weighted by Crippen LogP contribution is 2.32. The number of fused-ring (bicyclic) bond motifs is 1. The van der Waals surface area contributed by atoms with E-state index >= 15 is 0 Å². The van der Waals surface area contributed by atoms with Crippen LogP contribution in [0.2, 0.25) is 0 Å². The molecule has 0 atom stereocenters. The Bertz CT molecular complexity index is 862. The van der Waals surface area contributed by atoms with Gasteiger partial charge in [-0.2, -0.15) is 0 Å². The molecule has 2 amide bonds. The molecule has 2 aliphatic heterocycles. The van der Waals surface area contributed by atoms with E-state index in [9.17, 15) is 9.59 Å². The second kappa shape index (κ2) is 7.57. The van der Waals surface area contributed by atoms with Gasteiger partial charge in [0.05, 0.1) is 6.54 Å². The molecular formula is C20H21N3O4. The van der Waals surface area contributed by atoms with Gasteiger partial charge in [0.25, 0.3) is 5.91 Å². The third-order valence-electron chi connectivity index (χ3n) is 4.65. The molecular weight excluding hydrogens is 346 g/mol. The summed E-state index contributed by atoms with van der Waals surface area (Å²) in [6, 6.07) is 12.7. The van der Waals surface area contributed by atoms with Gasteiger partial charge in [0, 0.05) is 30.0 Å². The summed E-state index contributed by atoms with van der Waals surface area (Å²) in [6.07, 6.45) is 2.39. The van der Waals surface area contributed by atoms with Gasteiger partial charge < -0.3 is 25.0 Å². The van der Waals surface area contributed by atoms with Crippen LogP contribution in [-0.2, 0) is 4.79 Å². The van der Waals surface area contributed by atoms with Crippen molar-refractivity contribution in [3.63, 3.8) is 0 Å². The second-order valence-electron chi connectivity index (χ2n) is 6.54. The predicted octanol–water partition coefficient (Wildman–Crippen LogP) is 2.38. The van der Waals surface area contributed by atoms with E-state index in [1.54, 1.807) is 18.2 Å². The van der Waals surface area contributed by atoms with Crippen LogP contribution in [-0.4, -0.2) is 38.2 Å². The van der Waals surface area contributed by atoms with Gasteiger partial charge in [0.2, 0.25) is 12.7 Å². The van der Waals surface area contributed by atoms with Crippen LogP contribution in [0.25, 0.3) is 0 Å². The van der Waals surface area contributed by atoms with E-state index in [4.69, 9.17) is 9.47 Å². The molecule has 140 valence electrons. The minimum atomic E-state index is -0.339. The van der Waals surface area contributed by atoms with Gasteiger partial charge in [0.15, 0.2) is 11.5 Å². The Morgan fingerprint density at radius 3 is 2.67 bits per heavy atom. The summed E-state index contributed by atoms with van der Waals surface area (Å²) in [5.41, 5.74) is 2.25. The highest BCUT2D eigenvalue weighted by atomic mass is 16.7. The summed E-state index contributed by atoms with van der Waals surface area (Å²) < 4.78 is 10.5. The Labute approximate surface area is 157 Å². The van der Waals surface area contributed by atoms with E-state index < -0.39 is 0 Å². The number of carbonyl (C=O) groups is 2. The van der Waals surface area contributed by atoms with Crippen LogP contribution in [0.4, 0.5) is 11.4 Å². The van der Waals surface area contributed by atoms with Gasteiger partial charge >= 0.3 is 0 Å². The van der Waals surface area contributed by atoms with Crippen molar-refractivity contribution in [2.75, 3.05) is 36.6 Å². The lowest BCUT2D eigenvalue weighted by atomic mass is 10.2. The first-order chi connectivity index (χ1) is 13.2. The SMILES string of the molecule is O=C(CNC(=O)c1ccc2c(c1)OCO2)Nc1cccc(N2CCCC2)c1. The molecule has 27 heavy (non-hydrogen) atoms. The minimum absolute atomic E-state index is 0.110. The lowest BCUT2D eigenvalue weighted by molar-refractivity contribution is -0.115. The third kappa shape index (κ3) is 3.97. The van der Waals surface area contributed by atoms with E-state index in [0.29, 0.717) is 17.1 Å². The largest absolute Gasteiger partial charge is 0.454 e. The van der Waals surface area contributed by atoms with Gasteiger partial charge in [-0.3, -0.25) is 9.59 Å². The quantitative estimate of drug-likeness (QED) is 0.848. The molecule has 0 spiro atoms. The number of benzene rings is 2. The van der Waals surface area contributed by atoms with Crippen LogP contribution in [0.1, 0.15) is 23.2 Å². The fourth-order valence-electron chi connectivity index (χ4n) is 3.26. The Hall–Kier alpha value is -3.22. The fourth-order valence-corrected chi connectivity index (χ4v) is 3.26. The average Bonchev–Trinajstić information content (AvgIpc) is 3.37. The molecule has 0 saturated carbocycles. The molecule has 0 radical (unpaired) electrons. The molecule has 2 N–H and O–H groups in total. The highest BCUT2D eigenvalue weighted by molar-refractivity contribution is 5.99. The molecule has 1 fully saturated rings. The van der Waals surface area contributed by atoms with Gasteiger partial charge in [-0.05, 0) is 49.2 Å². The third-order valence-corrected chi connectivity index (χ3v) is 4.65. The molecule has 2 aliphatic rings. The van der Waals surface area contributed by atoms with Gasteiger partial charge in [0.1, 0.15) is 0 Å². The van der Waals surface area contributed by atoms with Crippen LogP contribution in [0.3, 0.4) is 0 Å². The Kier molecular flexibility index (Phi) is 4.82. The van der Waals surface area contributed by atoms with E-state index in [2.05, 4.69) is 15.5 Å². The van der Waals surface area contributed by atoms with Crippen LogP contribution in [0.5, 0.6) is 11.5 Å². The van der Waals surface area contributed by atoms with E-state index in [0.717, 1.165) is 24.5 Å². The average molecular weight is 367 g/mol. The van der Waals surface area contributed by atoms with E-state index in [-0.39, 0.29) is 25.2 Å². The van der Waals surface area contributed by atoms with Crippen molar-refractivity contribution in [1.82, 2.24) is 5.32 Å². The Balaban J connectivity index is 1.32. The first kappa shape index (κ1) is 17.2. The number of ether oxygens (including phenoxy) is 2. The molecule has 0 aliphatic carbocycles. The number of nitrogens with one attached hydrogen (secondary N) is 2. The zero-order valence-corrected chi connectivity index (χ0v) is 14.9. The summed E-state index contributed by atoms with van der Waals surface area (Å²) in [5, 5.41) is 5.45. The first-order valence-corrected chi connectivity index (χ1v) is 9.02. The van der Waals surface area contributed by atoms with Crippen molar-refractivity contribution < 1.29 is 19.1 Å². The number of rotatable bonds is 5. The van der Waals surface area contributed by atoms with Gasteiger partial charge in [-0.1, -0.05) is 6.07 Å². The molecule has 0 aromatic heterocycles. The molecule has 0 unspecified atom stereocenters. The predicted molar refractivity (Wildman–Crippen MR) is 101 cm³/mol. The number of nitrogens with zero attached hydrogens (tertiary/aromatic N) is 1. The number of anilines is 2.